The Hall–Kier alpha value is -6.95. The number of hydrogen-bond acceptors (Lipinski definition) is 4. The Kier molecular flexibility index (Phi) is 6.00. The molecule has 0 saturated heterocycles. The summed E-state index contributed by atoms with van der Waals surface area (Å²) in [6, 6.07) is 63.6. The summed E-state index contributed by atoms with van der Waals surface area (Å²) in [5.74, 6) is 0.614. The molecule has 13 rings (SSSR count). The second-order valence-electron chi connectivity index (χ2n) is 14.8. The summed E-state index contributed by atoms with van der Waals surface area (Å²) in [5.41, 5.74) is 13.5. The largest absolute Gasteiger partial charge is 0.452 e. The standard InChI is InChI=1S/C51H29N3OS/c1-2-16-31-30(14-1)15-13-21-35(31)47-49-48(36-20-6-11-26-44(36)55-49)53-50(52-47)54-42-25-10-5-19-34(42)37-28-46-41(29-43(37)54)51(40-24-9-12-27-45(40)56-46)38-22-7-3-17-32(38)33-18-4-8-23-39(33)51/h1-29H. The number of fused-ring (bicyclic) bond motifs is 16. The molecule has 0 radical (unpaired) electrons. The highest BCUT2D eigenvalue weighted by atomic mass is 32.2. The minimum Gasteiger partial charge on any atom is -0.452 e. The molecule has 0 saturated carbocycles. The van der Waals surface area contributed by atoms with Crippen LogP contribution in [0.5, 0.6) is 0 Å². The van der Waals surface area contributed by atoms with Gasteiger partial charge in [-0.15, -0.1) is 0 Å². The summed E-state index contributed by atoms with van der Waals surface area (Å²) in [4.78, 5) is 13.5. The highest BCUT2D eigenvalue weighted by Gasteiger charge is 2.50. The van der Waals surface area contributed by atoms with Crippen molar-refractivity contribution >= 4 is 66.4 Å². The number of aromatic nitrogens is 3. The molecule has 11 aromatic rings. The topological polar surface area (TPSA) is 43.9 Å². The highest BCUT2D eigenvalue weighted by Crippen LogP contribution is 2.62. The molecule has 8 aromatic carbocycles. The zero-order chi connectivity index (χ0) is 36.5. The molecule has 0 unspecified atom stereocenters. The van der Waals surface area contributed by atoms with Gasteiger partial charge in [0.25, 0.3) is 0 Å². The van der Waals surface area contributed by atoms with Crippen LogP contribution < -0.4 is 0 Å². The van der Waals surface area contributed by atoms with Crippen LogP contribution in [-0.2, 0) is 5.41 Å². The van der Waals surface area contributed by atoms with Crippen molar-refractivity contribution in [1.82, 2.24) is 14.5 Å². The van der Waals surface area contributed by atoms with Gasteiger partial charge in [-0.1, -0.05) is 151 Å². The summed E-state index contributed by atoms with van der Waals surface area (Å²) in [7, 11) is 0. The number of furan rings is 1. The van der Waals surface area contributed by atoms with Gasteiger partial charge in [-0.3, -0.25) is 4.57 Å². The van der Waals surface area contributed by atoms with Crippen LogP contribution in [0, 0.1) is 0 Å². The molecule has 0 N–H and O–H groups in total. The third-order valence-electron chi connectivity index (χ3n) is 12.1. The molecule has 5 heteroatoms. The summed E-state index contributed by atoms with van der Waals surface area (Å²) >= 11 is 1.87. The second-order valence-corrected chi connectivity index (χ2v) is 15.9. The van der Waals surface area contributed by atoms with E-state index in [0.717, 1.165) is 49.5 Å². The lowest BCUT2D eigenvalue weighted by atomic mass is 9.67. The van der Waals surface area contributed by atoms with Crippen LogP contribution in [0.2, 0.25) is 0 Å². The molecular formula is C51H29N3OS. The van der Waals surface area contributed by atoms with Crippen LogP contribution in [0.3, 0.4) is 0 Å². The zero-order valence-corrected chi connectivity index (χ0v) is 30.7. The predicted molar refractivity (Wildman–Crippen MR) is 228 cm³/mol. The van der Waals surface area contributed by atoms with Crippen molar-refractivity contribution in [2.75, 3.05) is 0 Å². The Bertz CT molecular complexity index is 3430. The van der Waals surface area contributed by atoms with Crippen molar-refractivity contribution in [2.45, 2.75) is 15.2 Å². The number of nitrogens with zero attached hydrogens (tertiary/aromatic N) is 3. The third-order valence-corrected chi connectivity index (χ3v) is 13.2. The van der Waals surface area contributed by atoms with E-state index in [0.29, 0.717) is 11.5 Å². The van der Waals surface area contributed by atoms with E-state index in [1.165, 1.54) is 53.9 Å². The highest BCUT2D eigenvalue weighted by molar-refractivity contribution is 7.99. The Morgan fingerprint density at radius 1 is 0.464 bits per heavy atom. The summed E-state index contributed by atoms with van der Waals surface area (Å²) < 4.78 is 8.92. The van der Waals surface area contributed by atoms with E-state index in [-0.39, 0.29) is 0 Å². The first kappa shape index (κ1) is 30.4. The molecule has 3 aromatic heterocycles. The van der Waals surface area contributed by atoms with E-state index in [9.17, 15) is 0 Å². The molecule has 260 valence electrons. The molecule has 1 aliphatic heterocycles. The van der Waals surface area contributed by atoms with Crippen molar-refractivity contribution in [3.63, 3.8) is 0 Å². The lowest BCUT2D eigenvalue weighted by molar-refractivity contribution is 0.666. The van der Waals surface area contributed by atoms with Gasteiger partial charge in [-0.2, -0.15) is 0 Å². The van der Waals surface area contributed by atoms with Crippen molar-refractivity contribution in [3.8, 4) is 28.3 Å². The van der Waals surface area contributed by atoms with Crippen molar-refractivity contribution < 1.29 is 4.42 Å². The SMILES string of the molecule is c1ccc2c(c1)Sc1cc3c4ccccc4n(-c4nc(-c5cccc6ccccc56)c5oc6ccccc6c5n4)c3cc1C21c2ccccc2-c2ccccc21. The van der Waals surface area contributed by atoms with Gasteiger partial charge in [-0.25, -0.2) is 9.97 Å². The fraction of sp³-hybridized carbons (Fsp3) is 0.0196. The fourth-order valence-electron chi connectivity index (χ4n) is 9.83. The normalized spacial score (nSPS) is 13.8. The van der Waals surface area contributed by atoms with E-state index in [2.05, 4.69) is 168 Å². The number of benzene rings is 8. The van der Waals surface area contributed by atoms with Crippen LogP contribution in [-0.4, -0.2) is 14.5 Å². The van der Waals surface area contributed by atoms with E-state index < -0.39 is 5.41 Å². The Balaban J connectivity index is 1.18. The maximum Gasteiger partial charge on any atom is 0.236 e. The molecule has 2 aliphatic rings. The van der Waals surface area contributed by atoms with Crippen molar-refractivity contribution in [3.05, 3.63) is 198 Å². The van der Waals surface area contributed by atoms with E-state index in [1.807, 2.05) is 23.9 Å². The Morgan fingerprint density at radius 2 is 1.11 bits per heavy atom. The average molecular weight is 732 g/mol. The maximum atomic E-state index is 6.63. The lowest BCUT2D eigenvalue weighted by Gasteiger charge is -2.39. The number of hydrogen-bond donors (Lipinski definition) is 0. The summed E-state index contributed by atoms with van der Waals surface area (Å²) in [6.45, 7) is 0. The quantitative estimate of drug-likeness (QED) is 0.178. The van der Waals surface area contributed by atoms with Gasteiger partial charge < -0.3 is 4.42 Å². The maximum absolute atomic E-state index is 6.63. The molecule has 0 amide bonds. The van der Waals surface area contributed by atoms with Gasteiger partial charge >= 0.3 is 0 Å². The minimum atomic E-state index is -0.500. The first-order valence-electron chi connectivity index (χ1n) is 19.0. The van der Waals surface area contributed by atoms with Crippen molar-refractivity contribution in [2.24, 2.45) is 0 Å². The van der Waals surface area contributed by atoms with Crippen LogP contribution in [0.25, 0.3) is 83.0 Å². The van der Waals surface area contributed by atoms with Gasteiger partial charge in [0.05, 0.1) is 16.4 Å². The van der Waals surface area contributed by atoms with E-state index in [4.69, 9.17) is 14.4 Å². The molecule has 56 heavy (non-hydrogen) atoms. The van der Waals surface area contributed by atoms with Crippen LogP contribution >= 0.6 is 11.8 Å². The first-order chi connectivity index (χ1) is 27.8. The number of rotatable bonds is 2. The van der Waals surface area contributed by atoms with Gasteiger partial charge in [0, 0.05) is 31.5 Å². The second kappa shape index (κ2) is 11.1. The smallest absolute Gasteiger partial charge is 0.236 e. The molecule has 4 heterocycles. The van der Waals surface area contributed by atoms with Gasteiger partial charge in [0.1, 0.15) is 16.8 Å². The molecule has 4 nitrogen and oxygen atoms in total. The zero-order valence-electron chi connectivity index (χ0n) is 29.9. The average Bonchev–Trinajstić information content (AvgIpc) is 3.89. The predicted octanol–water partition coefficient (Wildman–Crippen LogP) is 13.1. The van der Waals surface area contributed by atoms with E-state index in [1.54, 1.807) is 0 Å². The van der Waals surface area contributed by atoms with Crippen LogP contribution in [0.4, 0.5) is 0 Å². The Morgan fingerprint density at radius 3 is 1.95 bits per heavy atom. The van der Waals surface area contributed by atoms with Gasteiger partial charge in [0.15, 0.2) is 5.58 Å². The molecular weight excluding hydrogens is 703 g/mol. The third kappa shape index (κ3) is 3.85. The number of para-hydroxylation sites is 2. The fourth-order valence-corrected chi connectivity index (χ4v) is 11.0. The minimum absolute atomic E-state index is 0.500. The Labute approximate surface area is 325 Å². The van der Waals surface area contributed by atoms with E-state index >= 15 is 0 Å². The van der Waals surface area contributed by atoms with Gasteiger partial charge in [-0.05, 0) is 80.6 Å². The van der Waals surface area contributed by atoms with Crippen LogP contribution in [0.15, 0.2) is 190 Å². The van der Waals surface area contributed by atoms with Gasteiger partial charge in [0.2, 0.25) is 5.95 Å². The molecule has 0 bridgehead atoms. The summed E-state index contributed by atoms with van der Waals surface area (Å²) in [6.07, 6.45) is 0. The molecule has 1 aliphatic carbocycles. The first-order valence-corrected chi connectivity index (χ1v) is 19.8. The molecule has 0 atom stereocenters. The summed E-state index contributed by atoms with van der Waals surface area (Å²) in [5, 5.41) is 5.58. The van der Waals surface area contributed by atoms with Crippen molar-refractivity contribution in [1.29, 1.82) is 0 Å². The van der Waals surface area contributed by atoms with Crippen LogP contribution in [0.1, 0.15) is 22.3 Å². The monoisotopic (exact) mass is 731 g/mol. The lowest BCUT2D eigenvalue weighted by Crippen LogP contribution is -2.32. The molecule has 0 fully saturated rings. The molecule has 1 spiro atoms.